The van der Waals surface area contributed by atoms with Gasteiger partial charge in [0.2, 0.25) is 11.0 Å². The average molecular weight is 582 g/mol. The summed E-state index contributed by atoms with van der Waals surface area (Å²) < 4.78 is 13.4. The van der Waals surface area contributed by atoms with E-state index in [-0.39, 0.29) is 5.75 Å². The number of thioether (sulfide) groups is 1. The van der Waals surface area contributed by atoms with Crippen LogP contribution in [0.3, 0.4) is 0 Å². The summed E-state index contributed by atoms with van der Waals surface area (Å²) in [5.74, 6) is 1.74. The minimum absolute atomic E-state index is 0.0487. The van der Waals surface area contributed by atoms with Gasteiger partial charge in [0.05, 0.1) is 11.1 Å². The first kappa shape index (κ1) is 23.1. The molecule has 2 aromatic carbocycles. The lowest BCUT2D eigenvalue weighted by Crippen LogP contribution is -2.17. The molecule has 1 atom stereocenters. The molecule has 0 spiro atoms. The predicted molar refractivity (Wildman–Crippen MR) is 133 cm³/mol. The van der Waals surface area contributed by atoms with Crippen LogP contribution in [0.15, 0.2) is 44.4 Å². The Kier molecular flexibility index (Phi) is 7.42. The van der Waals surface area contributed by atoms with Crippen LogP contribution in [-0.4, -0.2) is 32.6 Å². The summed E-state index contributed by atoms with van der Waals surface area (Å²) in [5, 5.41) is 23.1. The zero-order chi connectivity index (χ0) is 22.7. The number of aromatic nitrogens is 3. The van der Waals surface area contributed by atoms with Crippen LogP contribution in [0, 0.1) is 0 Å². The highest BCUT2D eigenvalue weighted by atomic mass is 79.9. The fourth-order valence-corrected chi connectivity index (χ4v) is 4.88. The van der Waals surface area contributed by atoms with E-state index in [1.165, 1.54) is 0 Å². The molecular weight excluding hydrogens is 560 g/mol. The van der Waals surface area contributed by atoms with Gasteiger partial charge in [0.1, 0.15) is 0 Å². The van der Waals surface area contributed by atoms with E-state index in [0.29, 0.717) is 33.6 Å². The number of halogens is 2. The van der Waals surface area contributed by atoms with Crippen molar-refractivity contribution in [1.29, 1.82) is 0 Å². The monoisotopic (exact) mass is 580 g/mol. The zero-order valence-electron chi connectivity index (χ0n) is 17.6. The Labute approximate surface area is 207 Å². The Bertz CT molecular complexity index is 1130. The van der Waals surface area contributed by atoms with E-state index in [4.69, 9.17) is 9.47 Å². The van der Waals surface area contributed by atoms with Crippen LogP contribution in [0.25, 0.3) is 11.3 Å². The van der Waals surface area contributed by atoms with E-state index in [1.807, 2.05) is 25.1 Å². The molecule has 10 heteroatoms. The van der Waals surface area contributed by atoms with Crippen molar-refractivity contribution in [3.8, 4) is 28.6 Å². The van der Waals surface area contributed by atoms with Crippen molar-refractivity contribution >= 4 is 49.3 Å². The Hall–Kier alpha value is -2.04. The quantitative estimate of drug-likeness (QED) is 0.239. The summed E-state index contributed by atoms with van der Waals surface area (Å²) in [6, 6.07) is 9.42. The molecule has 0 fully saturated rings. The van der Waals surface area contributed by atoms with E-state index < -0.39 is 6.23 Å². The third-order valence-corrected chi connectivity index (χ3v) is 6.79. The smallest absolute Gasteiger partial charge is 0.247 e. The van der Waals surface area contributed by atoms with Gasteiger partial charge >= 0.3 is 0 Å². The molecule has 0 bridgehead atoms. The van der Waals surface area contributed by atoms with E-state index >= 15 is 0 Å². The standard InChI is InChI=1S/C22H22Br2N4O3S/c1-3-5-8-32-22-26-21-18(27-28-22)14-11-13(23)6-7-16(14)25-20(31-21)12-9-15(24)19(29)17(10-12)30-4-2/h6-7,9-11,20,25,29H,3-5,8H2,1-2H3. The van der Waals surface area contributed by atoms with Gasteiger partial charge in [-0.25, -0.2) is 0 Å². The number of phenols is 1. The van der Waals surface area contributed by atoms with E-state index in [0.717, 1.165) is 39.9 Å². The number of phenolic OH excluding ortho intramolecular Hbond substituents is 1. The van der Waals surface area contributed by atoms with Gasteiger partial charge in [0, 0.05) is 27.0 Å². The summed E-state index contributed by atoms with van der Waals surface area (Å²) >= 11 is 8.51. The van der Waals surface area contributed by atoms with E-state index in [9.17, 15) is 5.11 Å². The van der Waals surface area contributed by atoms with Crippen molar-refractivity contribution in [2.24, 2.45) is 0 Å². The van der Waals surface area contributed by atoms with Gasteiger partial charge in [-0.05, 0) is 59.6 Å². The van der Waals surface area contributed by atoms with Crippen molar-refractivity contribution in [3.63, 3.8) is 0 Å². The van der Waals surface area contributed by atoms with Crippen LogP contribution in [-0.2, 0) is 0 Å². The molecule has 3 aromatic rings. The summed E-state index contributed by atoms with van der Waals surface area (Å²) in [7, 11) is 0. The number of unbranched alkanes of at least 4 members (excludes halogenated alkanes) is 1. The van der Waals surface area contributed by atoms with Crippen LogP contribution in [0.1, 0.15) is 38.5 Å². The summed E-state index contributed by atoms with van der Waals surface area (Å²) in [6.45, 7) is 4.44. The third kappa shape index (κ3) is 4.97. The van der Waals surface area contributed by atoms with Crippen molar-refractivity contribution in [1.82, 2.24) is 15.2 Å². The van der Waals surface area contributed by atoms with Crippen molar-refractivity contribution in [2.75, 3.05) is 17.7 Å². The van der Waals surface area contributed by atoms with Gasteiger partial charge in [0.25, 0.3) is 0 Å². The molecule has 1 aromatic heterocycles. The maximum absolute atomic E-state index is 10.3. The summed E-state index contributed by atoms with van der Waals surface area (Å²) in [5.41, 5.74) is 3.00. The van der Waals surface area contributed by atoms with Crippen molar-refractivity contribution in [3.05, 3.63) is 44.8 Å². The van der Waals surface area contributed by atoms with Crippen LogP contribution in [0.5, 0.6) is 17.4 Å². The maximum atomic E-state index is 10.3. The molecule has 32 heavy (non-hydrogen) atoms. The lowest BCUT2D eigenvalue weighted by molar-refractivity contribution is 0.224. The minimum Gasteiger partial charge on any atom is -0.503 e. The molecule has 7 nitrogen and oxygen atoms in total. The van der Waals surface area contributed by atoms with Gasteiger partial charge < -0.3 is 19.9 Å². The van der Waals surface area contributed by atoms with Crippen LogP contribution >= 0.6 is 43.6 Å². The summed E-state index contributed by atoms with van der Waals surface area (Å²) in [6.07, 6.45) is 1.60. The van der Waals surface area contributed by atoms with Crippen molar-refractivity contribution in [2.45, 2.75) is 38.1 Å². The number of hydrogen-bond acceptors (Lipinski definition) is 8. The summed E-state index contributed by atoms with van der Waals surface area (Å²) in [4.78, 5) is 4.67. The molecule has 0 aliphatic carbocycles. The molecule has 1 aliphatic rings. The lowest BCUT2D eigenvalue weighted by Gasteiger charge is -2.21. The maximum Gasteiger partial charge on any atom is 0.247 e. The van der Waals surface area contributed by atoms with E-state index in [2.05, 4.69) is 59.3 Å². The minimum atomic E-state index is -0.586. The van der Waals surface area contributed by atoms with Gasteiger partial charge in [0.15, 0.2) is 23.4 Å². The molecule has 168 valence electrons. The van der Waals surface area contributed by atoms with Crippen LogP contribution in [0.4, 0.5) is 5.69 Å². The van der Waals surface area contributed by atoms with Gasteiger partial charge in [-0.15, -0.1) is 10.2 Å². The third-order valence-electron chi connectivity index (χ3n) is 4.77. The van der Waals surface area contributed by atoms with Crippen LogP contribution in [0.2, 0.25) is 0 Å². The van der Waals surface area contributed by atoms with Crippen LogP contribution < -0.4 is 14.8 Å². The highest BCUT2D eigenvalue weighted by Gasteiger charge is 2.27. The zero-order valence-corrected chi connectivity index (χ0v) is 21.6. The number of benzene rings is 2. The molecule has 0 radical (unpaired) electrons. The number of rotatable bonds is 7. The first-order valence-electron chi connectivity index (χ1n) is 10.3. The highest BCUT2D eigenvalue weighted by Crippen LogP contribution is 2.43. The van der Waals surface area contributed by atoms with Crippen molar-refractivity contribution < 1.29 is 14.6 Å². The fraction of sp³-hybridized carbons (Fsp3) is 0.318. The number of fused-ring (bicyclic) bond motifs is 3. The van der Waals surface area contributed by atoms with Gasteiger partial charge in [-0.1, -0.05) is 41.0 Å². The molecule has 0 saturated carbocycles. The normalized spacial score (nSPS) is 14.6. The Morgan fingerprint density at radius 3 is 2.81 bits per heavy atom. The first-order valence-corrected chi connectivity index (χ1v) is 12.8. The Morgan fingerprint density at radius 1 is 1.19 bits per heavy atom. The Balaban J connectivity index is 1.78. The first-order chi connectivity index (χ1) is 15.5. The molecule has 4 rings (SSSR count). The van der Waals surface area contributed by atoms with Gasteiger partial charge in [-0.2, -0.15) is 4.98 Å². The Morgan fingerprint density at radius 2 is 2.03 bits per heavy atom. The molecule has 1 unspecified atom stereocenters. The molecule has 0 saturated heterocycles. The molecule has 0 amide bonds. The average Bonchev–Trinajstić information content (AvgIpc) is 2.93. The molecule has 2 heterocycles. The largest absolute Gasteiger partial charge is 0.503 e. The number of nitrogens with one attached hydrogen (secondary N) is 1. The molecule has 2 N–H and O–H groups in total. The lowest BCUT2D eigenvalue weighted by atomic mass is 10.1. The number of hydrogen-bond donors (Lipinski definition) is 2. The molecular formula is C22H22Br2N4O3S. The second kappa shape index (κ2) is 10.3. The highest BCUT2D eigenvalue weighted by molar-refractivity contribution is 9.10. The molecule has 1 aliphatic heterocycles. The SMILES string of the molecule is CCCCSc1nnc2c(n1)OC(c1cc(Br)c(O)c(OCC)c1)Nc1ccc(Br)cc1-2. The topological polar surface area (TPSA) is 89.4 Å². The number of aromatic hydroxyl groups is 1. The predicted octanol–water partition coefficient (Wildman–Crippen LogP) is 6.56. The number of ether oxygens (including phenoxy) is 2. The second-order valence-electron chi connectivity index (χ2n) is 7.06. The second-order valence-corrected chi connectivity index (χ2v) is 9.90. The van der Waals surface area contributed by atoms with E-state index in [1.54, 1.807) is 23.9 Å². The number of nitrogens with zero attached hydrogens (tertiary/aromatic N) is 3. The number of anilines is 1. The van der Waals surface area contributed by atoms with Gasteiger partial charge in [-0.3, -0.25) is 0 Å². The fourth-order valence-electron chi connectivity index (χ4n) is 3.20.